The second-order valence-electron chi connectivity index (χ2n) is 4.03. The Hall–Kier alpha value is -1.27. The molecule has 0 saturated carbocycles. The van der Waals surface area contributed by atoms with E-state index in [2.05, 4.69) is 9.44 Å². The minimum Gasteiger partial charge on any atom is -0.399 e. The van der Waals surface area contributed by atoms with E-state index in [1.165, 1.54) is 0 Å². The highest BCUT2D eigenvalue weighted by molar-refractivity contribution is 7.90. The molecule has 5 nitrogen and oxygen atoms in total. The molecule has 4 N–H and O–H groups in total. The second kappa shape index (κ2) is 5.37. The van der Waals surface area contributed by atoms with Gasteiger partial charge in [0.15, 0.2) is 0 Å². The molecule has 0 aromatic heterocycles. The van der Waals surface area contributed by atoms with Crippen molar-refractivity contribution in [1.29, 1.82) is 0 Å². The molecule has 0 spiro atoms. The van der Waals surface area contributed by atoms with Gasteiger partial charge in [-0.25, -0.2) is 0 Å². The summed E-state index contributed by atoms with van der Waals surface area (Å²) in [5.41, 5.74) is 8.51. The lowest BCUT2D eigenvalue weighted by atomic mass is 10.1. The number of nitrogens with one attached hydrogen (secondary N) is 2. The summed E-state index contributed by atoms with van der Waals surface area (Å²) >= 11 is 0. The lowest BCUT2D eigenvalue weighted by Crippen LogP contribution is -2.31. The number of hydrogen-bond donors (Lipinski definition) is 3. The topological polar surface area (TPSA) is 84.2 Å². The van der Waals surface area contributed by atoms with Gasteiger partial charge in [0.05, 0.1) is 5.69 Å². The number of nitrogens with two attached hydrogens (primary N) is 1. The molecule has 17 heavy (non-hydrogen) atoms. The SMILES string of the molecule is CCCNS(=O)(=O)Nc1c(C)cc(N)cc1C. The van der Waals surface area contributed by atoms with Crippen LogP contribution < -0.4 is 15.2 Å². The quantitative estimate of drug-likeness (QED) is 0.700. The number of rotatable bonds is 5. The summed E-state index contributed by atoms with van der Waals surface area (Å²) in [6.45, 7) is 5.96. The minimum atomic E-state index is -3.50. The van der Waals surface area contributed by atoms with Crippen molar-refractivity contribution >= 4 is 21.6 Å². The highest BCUT2D eigenvalue weighted by atomic mass is 32.2. The van der Waals surface area contributed by atoms with Gasteiger partial charge in [-0.2, -0.15) is 13.1 Å². The molecule has 1 aromatic rings. The molecule has 0 radical (unpaired) electrons. The van der Waals surface area contributed by atoms with E-state index in [9.17, 15) is 8.42 Å². The van der Waals surface area contributed by atoms with E-state index in [-0.39, 0.29) is 0 Å². The third-order valence-electron chi connectivity index (χ3n) is 2.33. The predicted molar refractivity (Wildman–Crippen MR) is 71.2 cm³/mol. The van der Waals surface area contributed by atoms with Gasteiger partial charge in [-0.15, -0.1) is 0 Å². The number of anilines is 2. The molecule has 0 unspecified atom stereocenters. The van der Waals surface area contributed by atoms with Crippen LogP contribution in [0.4, 0.5) is 11.4 Å². The van der Waals surface area contributed by atoms with Gasteiger partial charge < -0.3 is 5.73 Å². The average molecular weight is 257 g/mol. The van der Waals surface area contributed by atoms with Crippen LogP contribution in [0.1, 0.15) is 24.5 Å². The maximum atomic E-state index is 11.7. The summed E-state index contributed by atoms with van der Waals surface area (Å²) < 4.78 is 28.4. The van der Waals surface area contributed by atoms with Crippen molar-refractivity contribution < 1.29 is 8.42 Å². The molecule has 0 amide bonds. The molecule has 0 bridgehead atoms. The molecule has 6 heteroatoms. The van der Waals surface area contributed by atoms with Crippen LogP contribution in [0.2, 0.25) is 0 Å². The van der Waals surface area contributed by atoms with E-state index in [1.807, 2.05) is 20.8 Å². The van der Waals surface area contributed by atoms with Gasteiger partial charge in [0.2, 0.25) is 0 Å². The highest BCUT2D eigenvalue weighted by Gasteiger charge is 2.12. The molecule has 1 rings (SSSR count). The largest absolute Gasteiger partial charge is 0.399 e. The number of nitrogen functional groups attached to an aromatic ring is 1. The van der Waals surface area contributed by atoms with Gasteiger partial charge in [-0.1, -0.05) is 6.92 Å². The maximum Gasteiger partial charge on any atom is 0.299 e. The standard InChI is InChI=1S/C11H19N3O2S/c1-4-5-13-17(15,16)14-11-8(2)6-10(12)7-9(11)3/h6-7,13-14H,4-5,12H2,1-3H3. The number of hydrogen-bond acceptors (Lipinski definition) is 3. The Kier molecular flexibility index (Phi) is 4.36. The smallest absolute Gasteiger partial charge is 0.299 e. The Morgan fingerprint density at radius 1 is 1.24 bits per heavy atom. The zero-order valence-corrected chi connectivity index (χ0v) is 11.2. The van der Waals surface area contributed by atoms with Crippen molar-refractivity contribution in [1.82, 2.24) is 4.72 Å². The zero-order chi connectivity index (χ0) is 13.1. The van der Waals surface area contributed by atoms with E-state index in [4.69, 9.17) is 5.73 Å². The lowest BCUT2D eigenvalue weighted by molar-refractivity contribution is 0.586. The second-order valence-corrected chi connectivity index (χ2v) is 5.53. The van der Waals surface area contributed by atoms with Crippen molar-refractivity contribution in [2.75, 3.05) is 17.0 Å². The molecule has 0 fully saturated rings. The van der Waals surface area contributed by atoms with Gasteiger partial charge in [-0.3, -0.25) is 4.72 Å². The Balaban J connectivity index is 2.96. The van der Waals surface area contributed by atoms with E-state index >= 15 is 0 Å². The summed E-state index contributed by atoms with van der Waals surface area (Å²) in [6, 6.07) is 3.48. The number of benzene rings is 1. The van der Waals surface area contributed by atoms with E-state index in [0.717, 1.165) is 17.5 Å². The summed E-state index contributed by atoms with van der Waals surface area (Å²) in [4.78, 5) is 0. The van der Waals surface area contributed by atoms with Crippen molar-refractivity contribution in [3.05, 3.63) is 23.3 Å². The van der Waals surface area contributed by atoms with Crippen LogP contribution in [-0.2, 0) is 10.2 Å². The van der Waals surface area contributed by atoms with Gasteiger partial charge in [0.25, 0.3) is 10.2 Å². The molecule has 0 aliphatic rings. The average Bonchev–Trinajstić information content (AvgIpc) is 2.21. The van der Waals surface area contributed by atoms with E-state index < -0.39 is 10.2 Å². The van der Waals surface area contributed by atoms with Gasteiger partial charge in [-0.05, 0) is 43.5 Å². The molecular formula is C11H19N3O2S. The summed E-state index contributed by atoms with van der Waals surface area (Å²) in [6.07, 6.45) is 0.751. The van der Waals surface area contributed by atoms with E-state index in [1.54, 1.807) is 12.1 Å². The maximum absolute atomic E-state index is 11.7. The highest BCUT2D eigenvalue weighted by Crippen LogP contribution is 2.23. The monoisotopic (exact) mass is 257 g/mol. The van der Waals surface area contributed by atoms with Crippen molar-refractivity contribution in [3.63, 3.8) is 0 Å². The lowest BCUT2D eigenvalue weighted by Gasteiger charge is -2.14. The first-order valence-corrected chi connectivity index (χ1v) is 6.98. The van der Waals surface area contributed by atoms with Crippen molar-refractivity contribution in [3.8, 4) is 0 Å². The fourth-order valence-corrected chi connectivity index (χ4v) is 2.70. The third-order valence-corrected chi connectivity index (χ3v) is 3.39. The van der Waals surface area contributed by atoms with E-state index in [0.29, 0.717) is 17.9 Å². The summed E-state index contributed by atoms with van der Waals surface area (Å²) in [5, 5.41) is 0. The normalized spacial score (nSPS) is 11.5. The first kappa shape index (κ1) is 13.8. The van der Waals surface area contributed by atoms with Crippen molar-refractivity contribution in [2.45, 2.75) is 27.2 Å². The third kappa shape index (κ3) is 3.90. The predicted octanol–water partition coefficient (Wildman–Crippen LogP) is 1.54. The molecule has 0 atom stereocenters. The molecule has 0 aliphatic carbocycles. The van der Waals surface area contributed by atoms with Crippen LogP contribution in [0.25, 0.3) is 0 Å². The van der Waals surface area contributed by atoms with Crippen LogP contribution in [0.15, 0.2) is 12.1 Å². The Morgan fingerprint density at radius 2 is 1.76 bits per heavy atom. The van der Waals surface area contributed by atoms with Crippen LogP contribution in [0.5, 0.6) is 0 Å². The fraction of sp³-hybridized carbons (Fsp3) is 0.455. The van der Waals surface area contributed by atoms with Crippen LogP contribution in [-0.4, -0.2) is 15.0 Å². The van der Waals surface area contributed by atoms with Crippen LogP contribution in [0.3, 0.4) is 0 Å². The van der Waals surface area contributed by atoms with Crippen molar-refractivity contribution in [2.24, 2.45) is 0 Å². The molecule has 0 aliphatic heterocycles. The van der Waals surface area contributed by atoms with Crippen LogP contribution in [0, 0.1) is 13.8 Å². The number of aryl methyl sites for hydroxylation is 2. The van der Waals surface area contributed by atoms with Gasteiger partial charge in [0, 0.05) is 12.2 Å². The first-order chi connectivity index (χ1) is 7.85. The Bertz CT molecular complexity index is 474. The summed E-state index contributed by atoms with van der Waals surface area (Å²) in [7, 11) is -3.50. The van der Waals surface area contributed by atoms with Gasteiger partial charge >= 0.3 is 0 Å². The zero-order valence-electron chi connectivity index (χ0n) is 10.4. The molecule has 0 heterocycles. The summed E-state index contributed by atoms with van der Waals surface area (Å²) in [5.74, 6) is 0. The van der Waals surface area contributed by atoms with Crippen LogP contribution >= 0.6 is 0 Å². The Labute approximate surface area is 103 Å². The Morgan fingerprint density at radius 3 is 2.24 bits per heavy atom. The molecule has 96 valence electrons. The minimum absolute atomic E-state index is 0.419. The fourth-order valence-electron chi connectivity index (χ4n) is 1.56. The molecule has 1 aromatic carbocycles. The first-order valence-electron chi connectivity index (χ1n) is 5.50. The molecular weight excluding hydrogens is 238 g/mol. The molecule has 0 saturated heterocycles. The van der Waals surface area contributed by atoms with Gasteiger partial charge in [0.1, 0.15) is 0 Å².